The van der Waals surface area contributed by atoms with E-state index in [2.05, 4.69) is 10.1 Å². The molecule has 0 bridgehead atoms. The summed E-state index contributed by atoms with van der Waals surface area (Å²) in [4.78, 5) is 28.6. The van der Waals surface area contributed by atoms with Gasteiger partial charge in [0.15, 0.2) is 0 Å². The van der Waals surface area contributed by atoms with Crippen molar-refractivity contribution in [2.75, 3.05) is 18.1 Å². The van der Waals surface area contributed by atoms with Crippen molar-refractivity contribution >= 4 is 23.6 Å². The van der Waals surface area contributed by atoms with E-state index in [1.54, 1.807) is 18.7 Å². The Morgan fingerprint density at radius 2 is 2.33 bits per heavy atom. The fourth-order valence-electron chi connectivity index (χ4n) is 1.84. The standard InChI is InChI=1S/C10H14N4O3S/c1-7(14-6-11-5-12-14)9(15)13-2-3-18-4-8(13)10(16)17/h5-8H,2-4H2,1H3,(H,16,17). The average Bonchev–Trinajstić information content (AvgIpc) is 2.90. The third kappa shape index (κ3) is 2.47. The van der Waals surface area contributed by atoms with Crippen LogP contribution in [-0.2, 0) is 9.59 Å². The summed E-state index contributed by atoms with van der Waals surface area (Å²) in [6.07, 6.45) is 2.81. The number of carboxylic acid groups (broad SMARTS) is 1. The molecule has 1 fully saturated rings. The summed E-state index contributed by atoms with van der Waals surface area (Å²) in [5.41, 5.74) is 0. The molecule has 0 spiro atoms. The SMILES string of the molecule is CC(C(=O)N1CCSCC1C(=O)O)n1cncn1. The van der Waals surface area contributed by atoms with E-state index in [0.29, 0.717) is 12.3 Å². The Morgan fingerprint density at radius 1 is 1.56 bits per heavy atom. The first kappa shape index (κ1) is 12.9. The summed E-state index contributed by atoms with van der Waals surface area (Å²) in [5.74, 6) is 0.0135. The molecule has 1 aromatic rings. The molecule has 18 heavy (non-hydrogen) atoms. The summed E-state index contributed by atoms with van der Waals surface area (Å²) < 4.78 is 1.43. The van der Waals surface area contributed by atoms with Gasteiger partial charge in [-0.2, -0.15) is 16.9 Å². The van der Waals surface area contributed by atoms with E-state index >= 15 is 0 Å². The van der Waals surface area contributed by atoms with Gasteiger partial charge in [-0.1, -0.05) is 0 Å². The number of hydrogen-bond donors (Lipinski definition) is 1. The lowest BCUT2D eigenvalue weighted by atomic mass is 10.2. The van der Waals surface area contributed by atoms with Gasteiger partial charge in [0.1, 0.15) is 24.7 Å². The first-order valence-corrected chi connectivity index (χ1v) is 6.72. The highest BCUT2D eigenvalue weighted by atomic mass is 32.2. The zero-order valence-corrected chi connectivity index (χ0v) is 10.7. The maximum atomic E-state index is 12.3. The minimum atomic E-state index is -0.957. The Balaban J connectivity index is 2.13. The minimum absolute atomic E-state index is 0.229. The normalized spacial score (nSPS) is 21.6. The zero-order chi connectivity index (χ0) is 13.1. The molecule has 2 atom stereocenters. The number of nitrogens with zero attached hydrogens (tertiary/aromatic N) is 4. The fraction of sp³-hybridized carbons (Fsp3) is 0.600. The number of carbonyl (C=O) groups is 2. The Labute approximate surface area is 108 Å². The second kappa shape index (κ2) is 5.38. The maximum absolute atomic E-state index is 12.3. The third-order valence-corrected chi connectivity index (χ3v) is 3.91. The van der Waals surface area contributed by atoms with Crippen molar-refractivity contribution in [3.05, 3.63) is 12.7 Å². The second-order valence-corrected chi connectivity index (χ2v) is 5.16. The molecule has 1 N–H and O–H groups in total. The third-order valence-electron chi connectivity index (χ3n) is 2.89. The van der Waals surface area contributed by atoms with Crippen molar-refractivity contribution in [1.29, 1.82) is 0 Å². The van der Waals surface area contributed by atoms with E-state index in [1.807, 2.05) is 0 Å². The highest BCUT2D eigenvalue weighted by Crippen LogP contribution is 2.20. The Hall–Kier alpha value is -1.57. The van der Waals surface area contributed by atoms with Crippen LogP contribution in [0.5, 0.6) is 0 Å². The van der Waals surface area contributed by atoms with Gasteiger partial charge in [-0.25, -0.2) is 14.5 Å². The van der Waals surface area contributed by atoms with Gasteiger partial charge in [-0.15, -0.1) is 0 Å². The van der Waals surface area contributed by atoms with Crippen LogP contribution < -0.4 is 0 Å². The lowest BCUT2D eigenvalue weighted by Crippen LogP contribution is -2.52. The molecule has 1 aliphatic rings. The maximum Gasteiger partial charge on any atom is 0.327 e. The van der Waals surface area contributed by atoms with Gasteiger partial charge >= 0.3 is 5.97 Å². The van der Waals surface area contributed by atoms with Crippen molar-refractivity contribution in [2.24, 2.45) is 0 Å². The number of thioether (sulfide) groups is 1. The van der Waals surface area contributed by atoms with Crippen LogP contribution in [0.15, 0.2) is 12.7 Å². The predicted octanol–water partition coefficient (Wildman–Crippen LogP) is -0.132. The molecule has 2 rings (SSSR count). The van der Waals surface area contributed by atoms with Crippen molar-refractivity contribution in [3.8, 4) is 0 Å². The van der Waals surface area contributed by atoms with Crippen LogP contribution >= 0.6 is 11.8 Å². The molecule has 1 aliphatic heterocycles. The van der Waals surface area contributed by atoms with Crippen molar-refractivity contribution in [1.82, 2.24) is 19.7 Å². The summed E-state index contributed by atoms with van der Waals surface area (Å²) in [6.45, 7) is 2.15. The van der Waals surface area contributed by atoms with Crippen LogP contribution in [0.25, 0.3) is 0 Å². The molecule has 2 heterocycles. The summed E-state index contributed by atoms with van der Waals surface area (Å²) in [5, 5.41) is 13.0. The van der Waals surface area contributed by atoms with Crippen LogP contribution in [0.1, 0.15) is 13.0 Å². The number of amides is 1. The van der Waals surface area contributed by atoms with E-state index in [9.17, 15) is 9.59 Å². The molecule has 8 heteroatoms. The van der Waals surface area contributed by atoms with Crippen molar-refractivity contribution < 1.29 is 14.7 Å². The smallest absolute Gasteiger partial charge is 0.327 e. The summed E-state index contributed by atoms with van der Waals surface area (Å²) >= 11 is 1.55. The van der Waals surface area contributed by atoms with Crippen LogP contribution in [0.3, 0.4) is 0 Å². The molecule has 0 saturated carbocycles. The van der Waals surface area contributed by atoms with Gasteiger partial charge in [-0.3, -0.25) is 4.79 Å². The second-order valence-electron chi connectivity index (χ2n) is 4.01. The molecule has 1 amide bonds. The van der Waals surface area contributed by atoms with Crippen LogP contribution in [0.2, 0.25) is 0 Å². The molecular weight excluding hydrogens is 256 g/mol. The monoisotopic (exact) mass is 270 g/mol. The molecule has 98 valence electrons. The summed E-state index contributed by atoms with van der Waals surface area (Å²) in [7, 11) is 0. The number of carbonyl (C=O) groups excluding carboxylic acids is 1. The van der Waals surface area contributed by atoms with Gasteiger partial charge in [0.25, 0.3) is 0 Å². The van der Waals surface area contributed by atoms with Crippen molar-refractivity contribution in [3.63, 3.8) is 0 Å². The Bertz CT molecular complexity index is 436. The first-order chi connectivity index (χ1) is 8.61. The van der Waals surface area contributed by atoms with E-state index in [-0.39, 0.29) is 5.91 Å². The average molecular weight is 270 g/mol. The van der Waals surface area contributed by atoms with Crippen LogP contribution in [0, 0.1) is 0 Å². The molecule has 1 saturated heterocycles. The van der Waals surface area contributed by atoms with Crippen molar-refractivity contribution in [2.45, 2.75) is 19.0 Å². The molecule has 2 unspecified atom stereocenters. The fourth-order valence-corrected chi connectivity index (χ4v) is 2.88. The molecule has 7 nitrogen and oxygen atoms in total. The highest BCUT2D eigenvalue weighted by Gasteiger charge is 2.35. The minimum Gasteiger partial charge on any atom is -0.480 e. The Kier molecular flexibility index (Phi) is 3.85. The molecule has 1 aromatic heterocycles. The number of rotatable bonds is 3. The number of carboxylic acids is 1. The zero-order valence-electron chi connectivity index (χ0n) is 9.89. The van der Waals surface area contributed by atoms with E-state index < -0.39 is 18.1 Å². The predicted molar refractivity (Wildman–Crippen MR) is 65.2 cm³/mol. The molecule has 0 aliphatic carbocycles. The summed E-state index contributed by atoms with van der Waals surface area (Å²) in [6, 6.07) is -1.28. The van der Waals surface area contributed by atoms with E-state index in [4.69, 9.17) is 5.11 Å². The Morgan fingerprint density at radius 3 is 2.94 bits per heavy atom. The first-order valence-electron chi connectivity index (χ1n) is 5.56. The molecular formula is C10H14N4O3S. The number of aromatic nitrogens is 3. The van der Waals surface area contributed by atoms with Gasteiger partial charge in [-0.05, 0) is 6.92 Å². The lowest BCUT2D eigenvalue weighted by molar-refractivity contribution is -0.150. The van der Waals surface area contributed by atoms with E-state index in [0.717, 1.165) is 5.75 Å². The molecule has 0 radical (unpaired) electrons. The highest BCUT2D eigenvalue weighted by molar-refractivity contribution is 7.99. The van der Waals surface area contributed by atoms with Gasteiger partial charge in [0, 0.05) is 18.1 Å². The number of hydrogen-bond acceptors (Lipinski definition) is 5. The topological polar surface area (TPSA) is 88.3 Å². The van der Waals surface area contributed by atoms with Gasteiger partial charge in [0.2, 0.25) is 5.91 Å². The van der Waals surface area contributed by atoms with Crippen LogP contribution in [0.4, 0.5) is 0 Å². The lowest BCUT2D eigenvalue weighted by Gasteiger charge is -2.34. The van der Waals surface area contributed by atoms with Crippen LogP contribution in [-0.4, -0.2) is 60.7 Å². The van der Waals surface area contributed by atoms with Gasteiger partial charge < -0.3 is 10.0 Å². The quantitative estimate of drug-likeness (QED) is 0.823. The van der Waals surface area contributed by atoms with E-state index in [1.165, 1.54) is 22.2 Å². The van der Waals surface area contributed by atoms with Gasteiger partial charge in [0.05, 0.1) is 0 Å². The molecule has 0 aromatic carbocycles. The largest absolute Gasteiger partial charge is 0.480 e. The number of aliphatic carboxylic acids is 1.